The Hall–Kier alpha value is -3.42. The summed E-state index contributed by atoms with van der Waals surface area (Å²) >= 11 is 0. The molecule has 1 saturated heterocycles. The number of rotatable bonds is 7. The lowest BCUT2D eigenvalue weighted by Crippen LogP contribution is -2.49. The smallest absolute Gasteiger partial charge is 0.339 e. The van der Waals surface area contributed by atoms with Crippen molar-refractivity contribution in [3.63, 3.8) is 0 Å². The predicted molar refractivity (Wildman–Crippen MR) is 159 cm³/mol. The molecule has 6 nitrogen and oxygen atoms in total. The molecule has 0 aromatic heterocycles. The van der Waals surface area contributed by atoms with Crippen LogP contribution in [-0.4, -0.2) is 45.4 Å². The van der Waals surface area contributed by atoms with Crippen molar-refractivity contribution in [3.05, 3.63) is 90.0 Å². The van der Waals surface area contributed by atoms with Gasteiger partial charge in [-0.1, -0.05) is 69.3 Å². The molecule has 7 heteroatoms. The second-order valence-corrected chi connectivity index (χ2v) is 16.4. The van der Waals surface area contributed by atoms with Gasteiger partial charge in [0, 0.05) is 12.1 Å². The zero-order chi connectivity index (χ0) is 28.0. The third-order valence-electron chi connectivity index (χ3n) is 7.76. The van der Waals surface area contributed by atoms with Crippen LogP contribution in [0.4, 0.5) is 0 Å². The van der Waals surface area contributed by atoms with Gasteiger partial charge in [-0.2, -0.15) is 0 Å². The monoisotopic (exact) mass is 544 g/mol. The number of benzene rings is 3. The highest BCUT2D eigenvalue weighted by atomic mass is 28.4. The van der Waals surface area contributed by atoms with Crippen LogP contribution >= 0.6 is 0 Å². The fraction of sp³-hybridized carbons (Fsp3) is 0.375. The third-order valence-corrected chi connectivity index (χ3v) is 12.1. The first kappa shape index (κ1) is 28.6. The van der Waals surface area contributed by atoms with Gasteiger partial charge in [-0.15, -0.1) is 0 Å². The maximum absolute atomic E-state index is 13.4. The predicted octanol–water partition coefficient (Wildman–Crippen LogP) is 6.45. The molecule has 3 aromatic carbocycles. The van der Waals surface area contributed by atoms with E-state index in [1.165, 1.54) is 0 Å². The first-order valence-electron chi connectivity index (χ1n) is 13.7. The Bertz CT molecular complexity index is 1270. The maximum Gasteiger partial charge on any atom is 0.339 e. The van der Waals surface area contributed by atoms with Crippen LogP contribution in [0.5, 0.6) is 5.75 Å². The lowest BCUT2D eigenvalue weighted by molar-refractivity contribution is 0.0193. The molecule has 0 aliphatic carbocycles. The minimum Gasteiger partial charge on any atom is -0.544 e. The molecule has 39 heavy (non-hydrogen) atoms. The van der Waals surface area contributed by atoms with Crippen LogP contribution in [-0.2, 0) is 4.74 Å². The lowest BCUT2D eigenvalue weighted by Gasteiger charge is -2.36. The lowest BCUT2D eigenvalue weighted by atomic mass is 9.99. The van der Waals surface area contributed by atoms with Crippen LogP contribution in [0.15, 0.2) is 78.9 Å². The van der Waals surface area contributed by atoms with Crippen LogP contribution in [0.25, 0.3) is 11.1 Å². The van der Waals surface area contributed by atoms with Crippen molar-refractivity contribution in [3.8, 4) is 16.9 Å². The standard InChI is InChI=1S/C32H40N2O4Si/c1-32(2,3)39(4,5)38-25-19-17-24(18-20-25)30(35)34-28-22-33-21-11-16-29(28)37-31(36)27-15-10-9-14-26(27)23-12-7-6-8-13-23/h6-10,12-15,17-20,28-29,33H,11,16,21-22H2,1-5H3,(H,34,35)/t28-,29-/m1/s1. The summed E-state index contributed by atoms with van der Waals surface area (Å²) < 4.78 is 12.4. The van der Waals surface area contributed by atoms with E-state index in [1.54, 1.807) is 18.2 Å². The highest BCUT2D eigenvalue weighted by Gasteiger charge is 2.39. The van der Waals surface area contributed by atoms with Gasteiger partial charge in [0.15, 0.2) is 0 Å². The van der Waals surface area contributed by atoms with Gasteiger partial charge < -0.3 is 19.8 Å². The fourth-order valence-corrected chi connectivity index (χ4v) is 5.44. The SMILES string of the molecule is CC(C)(C)[Si](C)(C)Oc1ccc(C(=O)N[C@@H]2CNCCC[C@H]2OC(=O)c2ccccc2-c2ccccc2)cc1. The van der Waals surface area contributed by atoms with Crippen molar-refractivity contribution in [1.82, 2.24) is 10.6 Å². The zero-order valence-electron chi connectivity index (χ0n) is 23.6. The summed E-state index contributed by atoms with van der Waals surface area (Å²) in [4.78, 5) is 26.6. The van der Waals surface area contributed by atoms with Crippen molar-refractivity contribution in [2.75, 3.05) is 13.1 Å². The molecule has 0 saturated carbocycles. The average molecular weight is 545 g/mol. The number of carbonyl (C=O) groups excluding carboxylic acids is 2. The minimum absolute atomic E-state index is 0.0869. The van der Waals surface area contributed by atoms with Gasteiger partial charge in [0.2, 0.25) is 8.32 Å². The molecule has 0 unspecified atom stereocenters. The number of amides is 1. The number of esters is 1. The second-order valence-electron chi connectivity index (χ2n) is 11.7. The highest BCUT2D eigenvalue weighted by Crippen LogP contribution is 2.37. The zero-order valence-corrected chi connectivity index (χ0v) is 24.6. The molecule has 2 N–H and O–H groups in total. The molecule has 3 aromatic rings. The quantitative estimate of drug-likeness (QED) is 0.264. The summed E-state index contributed by atoms with van der Waals surface area (Å²) in [5, 5.41) is 6.56. The molecule has 1 aliphatic heterocycles. The minimum atomic E-state index is -1.97. The molecule has 1 aliphatic rings. The molecule has 2 atom stereocenters. The highest BCUT2D eigenvalue weighted by molar-refractivity contribution is 6.74. The second kappa shape index (κ2) is 12.2. The molecule has 4 rings (SSSR count). The number of hydrogen-bond donors (Lipinski definition) is 2. The van der Waals surface area contributed by atoms with E-state index in [2.05, 4.69) is 44.5 Å². The van der Waals surface area contributed by atoms with E-state index in [4.69, 9.17) is 9.16 Å². The van der Waals surface area contributed by atoms with Gasteiger partial charge >= 0.3 is 5.97 Å². The molecule has 1 heterocycles. The Morgan fingerprint density at radius 1 is 0.923 bits per heavy atom. The largest absolute Gasteiger partial charge is 0.544 e. The molecular formula is C32H40N2O4Si. The van der Waals surface area contributed by atoms with Crippen LogP contribution in [0, 0.1) is 0 Å². The van der Waals surface area contributed by atoms with Gasteiger partial charge in [0.05, 0.1) is 11.6 Å². The number of carbonyl (C=O) groups is 2. The molecule has 1 amide bonds. The van der Waals surface area contributed by atoms with Crippen molar-refractivity contribution in [2.24, 2.45) is 0 Å². The summed E-state index contributed by atoms with van der Waals surface area (Å²) in [6.07, 6.45) is 1.07. The summed E-state index contributed by atoms with van der Waals surface area (Å²) in [5.74, 6) is 0.194. The van der Waals surface area contributed by atoms with Gasteiger partial charge in [-0.05, 0) is 79.0 Å². The van der Waals surface area contributed by atoms with Crippen molar-refractivity contribution in [2.45, 2.75) is 63.9 Å². The van der Waals surface area contributed by atoms with Gasteiger partial charge in [-0.3, -0.25) is 4.79 Å². The van der Waals surface area contributed by atoms with Gasteiger partial charge in [0.25, 0.3) is 5.91 Å². The van der Waals surface area contributed by atoms with Crippen molar-refractivity contribution < 1.29 is 18.8 Å². The van der Waals surface area contributed by atoms with E-state index in [0.29, 0.717) is 24.1 Å². The van der Waals surface area contributed by atoms with E-state index in [1.807, 2.05) is 60.7 Å². The Balaban J connectivity index is 1.46. The average Bonchev–Trinajstić information content (AvgIpc) is 3.13. The van der Waals surface area contributed by atoms with E-state index in [-0.39, 0.29) is 23.0 Å². The van der Waals surface area contributed by atoms with E-state index < -0.39 is 14.4 Å². The number of ether oxygens (including phenoxy) is 1. The first-order chi connectivity index (χ1) is 18.5. The maximum atomic E-state index is 13.4. The van der Waals surface area contributed by atoms with E-state index in [0.717, 1.165) is 29.8 Å². The summed E-state index contributed by atoms with van der Waals surface area (Å²) in [6, 6.07) is 24.2. The normalized spacial score (nSPS) is 18.1. The Kier molecular flexibility index (Phi) is 8.93. The van der Waals surface area contributed by atoms with E-state index >= 15 is 0 Å². The molecule has 0 spiro atoms. The van der Waals surface area contributed by atoms with Crippen molar-refractivity contribution >= 4 is 20.2 Å². The third kappa shape index (κ3) is 7.16. The summed E-state index contributed by atoms with van der Waals surface area (Å²) in [6.45, 7) is 12.3. The molecular weight excluding hydrogens is 504 g/mol. The number of nitrogens with one attached hydrogen (secondary N) is 2. The van der Waals surface area contributed by atoms with Crippen LogP contribution in [0.1, 0.15) is 54.3 Å². The van der Waals surface area contributed by atoms with Gasteiger partial charge in [0.1, 0.15) is 11.9 Å². The van der Waals surface area contributed by atoms with E-state index in [9.17, 15) is 9.59 Å². The Labute approximate surface area is 233 Å². The molecule has 1 fully saturated rings. The topological polar surface area (TPSA) is 76.7 Å². The van der Waals surface area contributed by atoms with Crippen molar-refractivity contribution in [1.29, 1.82) is 0 Å². The molecule has 0 bridgehead atoms. The van der Waals surface area contributed by atoms with Crippen LogP contribution in [0.2, 0.25) is 18.1 Å². The Morgan fingerprint density at radius 3 is 2.28 bits per heavy atom. The van der Waals surface area contributed by atoms with Crippen LogP contribution < -0.4 is 15.1 Å². The fourth-order valence-electron chi connectivity index (χ4n) is 4.41. The Morgan fingerprint density at radius 2 is 1.59 bits per heavy atom. The number of hydrogen-bond acceptors (Lipinski definition) is 5. The molecule has 206 valence electrons. The summed E-state index contributed by atoms with van der Waals surface area (Å²) in [5.41, 5.74) is 2.85. The van der Waals surface area contributed by atoms with Crippen LogP contribution in [0.3, 0.4) is 0 Å². The van der Waals surface area contributed by atoms with Gasteiger partial charge in [-0.25, -0.2) is 4.79 Å². The summed E-state index contributed by atoms with van der Waals surface area (Å²) in [7, 11) is -1.97. The molecule has 0 radical (unpaired) electrons. The first-order valence-corrected chi connectivity index (χ1v) is 16.6.